The molecule has 0 atom stereocenters. The van der Waals surface area contributed by atoms with Crippen molar-refractivity contribution < 1.29 is 23.4 Å². The maximum Gasteiger partial charge on any atom is 0.309 e. The van der Waals surface area contributed by atoms with Crippen LogP contribution in [0.5, 0.6) is 11.5 Å². The summed E-state index contributed by atoms with van der Waals surface area (Å²) in [7, 11) is 1.40. The Bertz CT molecular complexity index is 653. The number of halogens is 1. The third-order valence-electron chi connectivity index (χ3n) is 3.21. The minimum Gasteiger partial charge on any atom is -0.494 e. The molecule has 0 aromatic heterocycles. The van der Waals surface area contributed by atoms with Gasteiger partial charge in [0, 0.05) is 0 Å². The zero-order valence-corrected chi connectivity index (χ0v) is 13.2. The molecule has 4 nitrogen and oxygen atoms in total. The topological polar surface area (TPSA) is 44.8 Å². The predicted molar refractivity (Wildman–Crippen MR) is 84.0 cm³/mol. The maximum atomic E-state index is 13.5. The molecule has 0 amide bonds. The fourth-order valence-electron chi connectivity index (χ4n) is 1.92. The van der Waals surface area contributed by atoms with Crippen molar-refractivity contribution in [2.24, 2.45) is 0 Å². The summed E-state index contributed by atoms with van der Waals surface area (Å²) in [6.07, 6.45) is 0.131. The number of methoxy groups -OCH3 is 1. The molecular weight excluding hydrogens is 299 g/mol. The molecule has 2 rings (SSSR count). The van der Waals surface area contributed by atoms with Crippen LogP contribution in [0.4, 0.5) is 4.39 Å². The summed E-state index contributed by atoms with van der Waals surface area (Å²) in [5, 5.41) is 0. The van der Waals surface area contributed by atoms with E-state index >= 15 is 0 Å². The Labute approximate surface area is 134 Å². The maximum absolute atomic E-state index is 13.5. The minimum atomic E-state index is -0.483. The normalized spacial score (nSPS) is 10.2. The molecule has 0 unspecified atom stereocenters. The molecular formula is C18H19FO4. The van der Waals surface area contributed by atoms with E-state index in [1.807, 2.05) is 31.2 Å². The number of benzene rings is 2. The largest absolute Gasteiger partial charge is 0.494 e. The number of carbonyl (C=O) groups excluding carboxylic acids is 1. The smallest absolute Gasteiger partial charge is 0.309 e. The van der Waals surface area contributed by atoms with Crippen molar-refractivity contribution in [1.29, 1.82) is 0 Å². The van der Waals surface area contributed by atoms with Gasteiger partial charge in [-0.25, -0.2) is 4.39 Å². The van der Waals surface area contributed by atoms with E-state index in [1.165, 1.54) is 19.2 Å². The molecule has 2 aromatic carbocycles. The van der Waals surface area contributed by atoms with Crippen LogP contribution >= 0.6 is 0 Å². The first kappa shape index (κ1) is 16.8. The zero-order valence-electron chi connectivity index (χ0n) is 13.2. The number of hydrogen-bond donors (Lipinski definition) is 0. The van der Waals surface area contributed by atoms with E-state index in [1.54, 1.807) is 6.07 Å². The summed E-state index contributed by atoms with van der Waals surface area (Å²) in [6, 6.07) is 12.0. The first-order chi connectivity index (χ1) is 11.1. The number of esters is 1. The van der Waals surface area contributed by atoms with Gasteiger partial charge in [0.2, 0.25) is 0 Å². The fourth-order valence-corrected chi connectivity index (χ4v) is 1.92. The highest BCUT2D eigenvalue weighted by Gasteiger charge is 2.07. The lowest BCUT2D eigenvalue weighted by molar-refractivity contribution is -0.145. The molecule has 5 heteroatoms. The van der Waals surface area contributed by atoms with E-state index in [0.717, 1.165) is 5.56 Å². The lowest BCUT2D eigenvalue weighted by Gasteiger charge is -2.08. The van der Waals surface area contributed by atoms with Crippen LogP contribution in [0.15, 0.2) is 42.5 Å². The summed E-state index contributed by atoms with van der Waals surface area (Å²) >= 11 is 0. The predicted octanol–water partition coefficient (Wildman–Crippen LogP) is 3.66. The number of rotatable bonds is 7. The van der Waals surface area contributed by atoms with Crippen molar-refractivity contribution in [3.63, 3.8) is 0 Å². The van der Waals surface area contributed by atoms with Crippen molar-refractivity contribution in [2.45, 2.75) is 20.0 Å². The van der Waals surface area contributed by atoms with Gasteiger partial charge in [0.1, 0.15) is 12.4 Å². The molecule has 0 radical (unpaired) electrons. The molecule has 0 heterocycles. The van der Waals surface area contributed by atoms with Crippen molar-refractivity contribution in [3.8, 4) is 11.5 Å². The molecule has 2 aromatic rings. The summed E-state index contributed by atoms with van der Waals surface area (Å²) in [5.74, 6) is -0.00992. The Hall–Kier alpha value is -2.56. The highest BCUT2D eigenvalue weighted by Crippen LogP contribution is 2.18. The van der Waals surface area contributed by atoms with Gasteiger partial charge in [-0.15, -0.1) is 0 Å². The molecule has 23 heavy (non-hydrogen) atoms. The van der Waals surface area contributed by atoms with E-state index in [-0.39, 0.29) is 25.4 Å². The quantitative estimate of drug-likeness (QED) is 0.731. The van der Waals surface area contributed by atoms with Gasteiger partial charge in [0.25, 0.3) is 0 Å². The van der Waals surface area contributed by atoms with Crippen molar-refractivity contribution >= 4 is 5.97 Å². The molecule has 122 valence electrons. The summed E-state index contributed by atoms with van der Waals surface area (Å²) in [4.78, 5) is 11.6. The van der Waals surface area contributed by atoms with Gasteiger partial charge in [0.05, 0.1) is 20.1 Å². The number of carbonyl (C=O) groups is 1. The monoisotopic (exact) mass is 318 g/mol. The lowest BCUT2D eigenvalue weighted by atomic mass is 10.2. The van der Waals surface area contributed by atoms with E-state index < -0.39 is 11.8 Å². The highest BCUT2D eigenvalue weighted by atomic mass is 19.1. The minimum absolute atomic E-state index is 0.0181. The van der Waals surface area contributed by atoms with Crippen molar-refractivity contribution in [3.05, 3.63) is 59.4 Å². The van der Waals surface area contributed by atoms with Crippen LogP contribution < -0.4 is 9.47 Å². The Morgan fingerprint density at radius 2 is 1.87 bits per heavy atom. The van der Waals surface area contributed by atoms with Gasteiger partial charge >= 0.3 is 5.97 Å². The van der Waals surface area contributed by atoms with Crippen molar-refractivity contribution in [2.75, 3.05) is 13.7 Å². The molecule has 0 aliphatic heterocycles. The number of ether oxygens (including phenoxy) is 3. The third kappa shape index (κ3) is 5.29. The van der Waals surface area contributed by atoms with Gasteiger partial charge in [-0.2, -0.15) is 0 Å². The Kier molecular flexibility index (Phi) is 5.97. The standard InChI is InChI=1S/C18H19FO4/c1-13-3-6-15(7-4-13)22-10-9-18(20)23-12-14-5-8-17(21-2)16(19)11-14/h3-8,11H,9-10,12H2,1-2H3. The SMILES string of the molecule is COc1ccc(COC(=O)CCOc2ccc(C)cc2)cc1F. The van der Waals surface area contributed by atoms with E-state index in [4.69, 9.17) is 14.2 Å². The molecule has 0 N–H and O–H groups in total. The van der Waals surface area contributed by atoms with Crippen LogP contribution in [-0.2, 0) is 16.1 Å². The zero-order chi connectivity index (χ0) is 16.7. The van der Waals surface area contributed by atoms with Crippen LogP contribution in [0.1, 0.15) is 17.5 Å². The van der Waals surface area contributed by atoms with E-state index in [2.05, 4.69) is 0 Å². The van der Waals surface area contributed by atoms with Gasteiger partial charge in [-0.1, -0.05) is 23.8 Å². The average molecular weight is 318 g/mol. The Balaban J connectivity index is 1.72. The van der Waals surface area contributed by atoms with E-state index in [0.29, 0.717) is 11.3 Å². The van der Waals surface area contributed by atoms with Gasteiger partial charge < -0.3 is 14.2 Å². The first-order valence-corrected chi connectivity index (χ1v) is 7.26. The molecule has 0 saturated carbocycles. The van der Waals surface area contributed by atoms with Crippen LogP contribution in [0.2, 0.25) is 0 Å². The number of aryl methyl sites for hydroxylation is 1. The Morgan fingerprint density at radius 1 is 1.13 bits per heavy atom. The van der Waals surface area contributed by atoms with Gasteiger partial charge in [-0.3, -0.25) is 4.79 Å². The third-order valence-corrected chi connectivity index (χ3v) is 3.21. The summed E-state index contributed by atoms with van der Waals surface area (Å²) in [5.41, 5.74) is 1.71. The first-order valence-electron chi connectivity index (χ1n) is 7.26. The van der Waals surface area contributed by atoms with Crippen molar-refractivity contribution in [1.82, 2.24) is 0 Å². The van der Waals surface area contributed by atoms with Gasteiger partial charge in [-0.05, 0) is 36.8 Å². The van der Waals surface area contributed by atoms with Crippen LogP contribution in [0, 0.1) is 12.7 Å². The molecule has 0 aliphatic rings. The molecule has 0 bridgehead atoms. The second kappa shape index (κ2) is 8.17. The summed E-state index contributed by atoms with van der Waals surface area (Å²) in [6.45, 7) is 2.24. The molecule has 0 saturated heterocycles. The Morgan fingerprint density at radius 3 is 2.52 bits per heavy atom. The fraction of sp³-hybridized carbons (Fsp3) is 0.278. The second-order valence-corrected chi connectivity index (χ2v) is 5.04. The number of hydrogen-bond acceptors (Lipinski definition) is 4. The van der Waals surface area contributed by atoms with Crippen LogP contribution in [0.3, 0.4) is 0 Å². The second-order valence-electron chi connectivity index (χ2n) is 5.04. The van der Waals surface area contributed by atoms with Gasteiger partial charge in [0.15, 0.2) is 11.6 Å². The van der Waals surface area contributed by atoms with Crippen LogP contribution in [0.25, 0.3) is 0 Å². The highest BCUT2D eigenvalue weighted by molar-refractivity contribution is 5.69. The van der Waals surface area contributed by atoms with E-state index in [9.17, 15) is 9.18 Å². The summed E-state index contributed by atoms with van der Waals surface area (Å²) < 4.78 is 28.9. The van der Waals surface area contributed by atoms with Crippen LogP contribution in [-0.4, -0.2) is 19.7 Å². The molecule has 0 spiro atoms. The average Bonchev–Trinajstić information content (AvgIpc) is 2.55. The molecule has 0 fully saturated rings. The lowest BCUT2D eigenvalue weighted by Crippen LogP contribution is -2.10. The molecule has 0 aliphatic carbocycles.